The highest BCUT2D eigenvalue weighted by molar-refractivity contribution is 7.99. The first-order valence-electron chi connectivity index (χ1n) is 9.11. The first-order chi connectivity index (χ1) is 13.1. The standard InChI is InChI=1S/C20H23FN2O3S/c1-25-17-3-2-4-18(20(17)21)26-16-7-13-10-23(11-14(13)8-16)12-27-19-6-5-15(24)9-22-19/h2-6,9,13-14,16,24H,7-8,10-12H2,1H3/t13-,14+,16+. The normalized spacial score (nSPS) is 24.7. The first-order valence-corrected chi connectivity index (χ1v) is 10.1. The van der Waals surface area contributed by atoms with Crippen LogP contribution >= 0.6 is 11.8 Å². The number of rotatable bonds is 6. The monoisotopic (exact) mass is 390 g/mol. The predicted molar refractivity (Wildman–Crippen MR) is 102 cm³/mol. The molecule has 1 N–H and O–H groups in total. The summed E-state index contributed by atoms with van der Waals surface area (Å²) in [5, 5.41) is 10.2. The molecule has 0 radical (unpaired) electrons. The van der Waals surface area contributed by atoms with Gasteiger partial charge in [-0.1, -0.05) is 17.8 Å². The third-order valence-electron chi connectivity index (χ3n) is 5.34. The number of hydrogen-bond donors (Lipinski definition) is 1. The van der Waals surface area contributed by atoms with Crippen LogP contribution in [-0.2, 0) is 0 Å². The lowest BCUT2D eigenvalue weighted by Crippen LogP contribution is -2.24. The molecule has 1 saturated heterocycles. The number of hydrogen-bond acceptors (Lipinski definition) is 6. The van der Waals surface area contributed by atoms with E-state index in [0.717, 1.165) is 36.8 Å². The maximum Gasteiger partial charge on any atom is 0.206 e. The summed E-state index contributed by atoms with van der Waals surface area (Å²) in [7, 11) is 1.46. The number of methoxy groups -OCH3 is 1. The summed E-state index contributed by atoms with van der Waals surface area (Å²) in [6.45, 7) is 2.08. The number of aromatic hydroxyl groups is 1. The van der Waals surface area contributed by atoms with E-state index in [1.165, 1.54) is 13.3 Å². The van der Waals surface area contributed by atoms with E-state index in [4.69, 9.17) is 9.47 Å². The summed E-state index contributed by atoms with van der Waals surface area (Å²) in [6.07, 6.45) is 3.45. The largest absolute Gasteiger partial charge is 0.506 e. The van der Waals surface area contributed by atoms with Crippen LogP contribution < -0.4 is 9.47 Å². The number of likely N-dealkylation sites (tertiary alicyclic amines) is 1. The summed E-state index contributed by atoms with van der Waals surface area (Å²) in [6, 6.07) is 8.52. The Kier molecular flexibility index (Phi) is 5.41. The lowest BCUT2D eigenvalue weighted by atomic mass is 10.0. The van der Waals surface area contributed by atoms with Gasteiger partial charge in [-0.2, -0.15) is 4.39 Å². The molecule has 27 heavy (non-hydrogen) atoms. The highest BCUT2D eigenvalue weighted by atomic mass is 32.2. The third kappa shape index (κ3) is 4.14. The lowest BCUT2D eigenvalue weighted by Gasteiger charge is -2.20. The van der Waals surface area contributed by atoms with E-state index >= 15 is 0 Å². The summed E-state index contributed by atoms with van der Waals surface area (Å²) in [4.78, 5) is 6.65. The molecule has 7 heteroatoms. The van der Waals surface area contributed by atoms with Crippen LogP contribution in [0, 0.1) is 17.7 Å². The Morgan fingerprint density at radius 3 is 2.59 bits per heavy atom. The quantitative estimate of drug-likeness (QED) is 0.758. The Morgan fingerprint density at radius 2 is 1.93 bits per heavy atom. The molecule has 2 heterocycles. The van der Waals surface area contributed by atoms with Gasteiger partial charge in [-0.05, 0) is 48.9 Å². The van der Waals surface area contributed by atoms with Gasteiger partial charge in [0.1, 0.15) is 5.75 Å². The summed E-state index contributed by atoms with van der Waals surface area (Å²) >= 11 is 1.68. The van der Waals surface area contributed by atoms with E-state index in [1.807, 2.05) is 6.07 Å². The van der Waals surface area contributed by atoms with Gasteiger partial charge in [0, 0.05) is 13.1 Å². The van der Waals surface area contributed by atoms with E-state index < -0.39 is 5.82 Å². The van der Waals surface area contributed by atoms with Crippen molar-refractivity contribution in [1.82, 2.24) is 9.88 Å². The number of ether oxygens (including phenoxy) is 2. The van der Waals surface area contributed by atoms with Gasteiger partial charge >= 0.3 is 0 Å². The molecular formula is C20H23FN2O3S. The van der Waals surface area contributed by atoms with E-state index in [0.29, 0.717) is 11.8 Å². The Balaban J connectivity index is 1.28. The molecule has 3 atom stereocenters. The van der Waals surface area contributed by atoms with Crippen molar-refractivity contribution in [1.29, 1.82) is 0 Å². The predicted octanol–water partition coefficient (Wildman–Crippen LogP) is 3.77. The molecule has 4 rings (SSSR count). The van der Waals surface area contributed by atoms with Crippen LogP contribution in [0.4, 0.5) is 4.39 Å². The molecule has 0 amide bonds. The molecule has 2 aromatic rings. The van der Waals surface area contributed by atoms with E-state index in [2.05, 4.69) is 9.88 Å². The molecule has 0 unspecified atom stereocenters. The Hall–Kier alpha value is -1.99. The molecule has 1 aliphatic heterocycles. The molecule has 2 fully saturated rings. The van der Waals surface area contributed by atoms with Crippen molar-refractivity contribution in [2.45, 2.75) is 24.0 Å². The van der Waals surface area contributed by atoms with Crippen molar-refractivity contribution < 1.29 is 19.0 Å². The van der Waals surface area contributed by atoms with Crippen LogP contribution in [0.1, 0.15) is 12.8 Å². The minimum absolute atomic E-state index is 0.0650. The fourth-order valence-corrected chi connectivity index (χ4v) is 4.89. The average molecular weight is 390 g/mol. The minimum Gasteiger partial charge on any atom is -0.506 e. The minimum atomic E-state index is -0.420. The number of halogens is 1. The number of benzene rings is 1. The van der Waals surface area contributed by atoms with Gasteiger partial charge < -0.3 is 14.6 Å². The highest BCUT2D eigenvalue weighted by Crippen LogP contribution is 2.41. The van der Waals surface area contributed by atoms with Crippen LogP contribution in [0.15, 0.2) is 41.6 Å². The zero-order chi connectivity index (χ0) is 18.8. The SMILES string of the molecule is COc1cccc(O[C@H]2C[C@@H]3CN(CSc4ccc(O)cn4)C[C@@H]3C2)c1F. The van der Waals surface area contributed by atoms with Crippen molar-refractivity contribution >= 4 is 11.8 Å². The average Bonchev–Trinajstić information content (AvgIpc) is 3.21. The number of thioether (sulfide) groups is 1. The van der Waals surface area contributed by atoms with Gasteiger partial charge in [-0.3, -0.25) is 4.90 Å². The number of pyridine rings is 1. The summed E-state index contributed by atoms with van der Waals surface area (Å²) in [5.41, 5.74) is 0. The van der Waals surface area contributed by atoms with Crippen LogP contribution in [0.25, 0.3) is 0 Å². The van der Waals surface area contributed by atoms with E-state index in [9.17, 15) is 9.50 Å². The van der Waals surface area contributed by atoms with Crippen molar-refractivity contribution in [2.75, 3.05) is 26.1 Å². The molecule has 0 spiro atoms. The third-order valence-corrected chi connectivity index (χ3v) is 6.37. The molecule has 5 nitrogen and oxygen atoms in total. The zero-order valence-corrected chi connectivity index (χ0v) is 16.0. The van der Waals surface area contributed by atoms with Crippen LogP contribution in [-0.4, -0.2) is 47.2 Å². The summed E-state index contributed by atoms with van der Waals surface area (Å²) < 4.78 is 25.3. The smallest absolute Gasteiger partial charge is 0.206 e. The molecule has 1 aromatic heterocycles. The van der Waals surface area contributed by atoms with E-state index in [1.54, 1.807) is 36.0 Å². The molecule has 1 saturated carbocycles. The van der Waals surface area contributed by atoms with Gasteiger partial charge in [0.25, 0.3) is 0 Å². The van der Waals surface area contributed by atoms with Gasteiger partial charge in [0.2, 0.25) is 5.82 Å². The van der Waals surface area contributed by atoms with Crippen molar-refractivity contribution in [3.05, 3.63) is 42.3 Å². The van der Waals surface area contributed by atoms with Crippen LogP contribution in [0.2, 0.25) is 0 Å². The Morgan fingerprint density at radius 1 is 1.19 bits per heavy atom. The fourth-order valence-electron chi connectivity index (χ4n) is 4.08. The fraction of sp³-hybridized carbons (Fsp3) is 0.450. The topological polar surface area (TPSA) is 54.8 Å². The second-order valence-corrected chi connectivity index (χ2v) is 8.13. The second kappa shape index (κ2) is 7.94. The number of fused-ring (bicyclic) bond motifs is 1. The van der Waals surface area contributed by atoms with Crippen molar-refractivity contribution in [3.63, 3.8) is 0 Å². The van der Waals surface area contributed by atoms with Gasteiger partial charge in [0.05, 0.1) is 30.3 Å². The van der Waals surface area contributed by atoms with Crippen molar-refractivity contribution in [3.8, 4) is 17.2 Å². The zero-order valence-electron chi connectivity index (χ0n) is 15.2. The number of aromatic nitrogens is 1. The molecule has 144 valence electrons. The summed E-state index contributed by atoms with van der Waals surface area (Å²) in [5.74, 6) is 2.35. The second-order valence-electron chi connectivity index (χ2n) is 7.17. The van der Waals surface area contributed by atoms with Gasteiger partial charge in [0.15, 0.2) is 11.5 Å². The molecular weight excluding hydrogens is 367 g/mol. The maximum atomic E-state index is 14.3. The van der Waals surface area contributed by atoms with E-state index in [-0.39, 0.29) is 23.4 Å². The van der Waals surface area contributed by atoms with Gasteiger partial charge in [-0.15, -0.1) is 0 Å². The van der Waals surface area contributed by atoms with Crippen LogP contribution in [0.3, 0.4) is 0 Å². The Bertz CT molecular complexity index is 775. The molecule has 2 aliphatic rings. The molecule has 1 aliphatic carbocycles. The van der Waals surface area contributed by atoms with Crippen molar-refractivity contribution in [2.24, 2.45) is 11.8 Å². The first kappa shape index (κ1) is 18.4. The Labute approximate surface area is 162 Å². The van der Waals surface area contributed by atoms with Gasteiger partial charge in [-0.25, -0.2) is 4.98 Å². The molecule has 1 aromatic carbocycles. The van der Waals surface area contributed by atoms with Crippen LogP contribution in [0.5, 0.6) is 17.2 Å². The molecule has 0 bridgehead atoms. The lowest BCUT2D eigenvalue weighted by molar-refractivity contribution is 0.180. The number of nitrogens with zero attached hydrogens (tertiary/aromatic N) is 2. The maximum absolute atomic E-state index is 14.3. The highest BCUT2D eigenvalue weighted by Gasteiger charge is 2.42.